The van der Waals surface area contributed by atoms with Crippen molar-refractivity contribution in [2.24, 2.45) is 0 Å². The Hall–Kier alpha value is -1.73. The number of aliphatic hydroxyl groups is 1. The predicted octanol–water partition coefficient (Wildman–Crippen LogP) is 1.14. The molecule has 0 aliphatic heterocycles. The van der Waals surface area contributed by atoms with Crippen molar-refractivity contribution in [2.75, 3.05) is 6.61 Å². The number of hydrogen-bond donors (Lipinski definition) is 2. The first-order valence-corrected chi connectivity index (χ1v) is 6.47. The Morgan fingerprint density at radius 2 is 2.37 bits per heavy atom. The van der Waals surface area contributed by atoms with Crippen molar-refractivity contribution in [1.29, 1.82) is 0 Å². The van der Waals surface area contributed by atoms with E-state index in [2.05, 4.69) is 31.3 Å². The molecule has 19 heavy (non-hydrogen) atoms. The summed E-state index contributed by atoms with van der Waals surface area (Å²) in [5, 5.41) is 15.7. The van der Waals surface area contributed by atoms with Crippen LogP contribution < -0.4 is 5.32 Å². The number of amides is 1. The molecule has 2 rings (SSSR count). The lowest BCUT2D eigenvalue weighted by Crippen LogP contribution is -2.35. The molecule has 0 bridgehead atoms. The molecule has 0 spiro atoms. The van der Waals surface area contributed by atoms with Crippen LogP contribution in [0.15, 0.2) is 35.3 Å². The zero-order valence-electron chi connectivity index (χ0n) is 10.2. The van der Waals surface area contributed by atoms with Gasteiger partial charge >= 0.3 is 0 Å². The largest absolute Gasteiger partial charge is 0.394 e. The molecule has 0 aliphatic rings. The molecule has 2 aromatic rings. The molecular formula is C12H13BrN4O2. The third-order valence-corrected chi connectivity index (χ3v) is 3.01. The minimum absolute atomic E-state index is 0.110. The van der Waals surface area contributed by atoms with E-state index in [0.29, 0.717) is 11.3 Å². The molecular weight excluding hydrogens is 312 g/mol. The molecule has 1 heterocycles. The lowest BCUT2D eigenvalue weighted by Gasteiger charge is -2.13. The Morgan fingerprint density at radius 1 is 1.58 bits per heavy atom. The molecule has 0 fully saturated rings. The first kappa shape index (κ1) is 13.7. The molecule has 1 unspecified atom stereocenters. The van der Waals surface area contributed by atoms with Gasteiger partial charge in [0, 0.05) is 10.5 Å². The summed E-state index contributed by atoms with van der Waals surface area (Å²) in [5.41, 5.74) is 1.09. The van der Waals surface area contributed by atoms with Crippen molar-refractivity contribution >= 4 is 21.8 Å². The maximum absolute atomic E-state index is 12.1. The van der Waals surface area contributed by atoms with Crippen LogP contribution in [0.25, 0.3) is 5.69 Å². The van der Waals surface area contributed by atoms with E-state index in [9.17, 15) is 4.79 Å². The molecule has 7 heteroatoms. The van der Waals surface area contributed by atoms with Gasteiger partial charge in [0.15, 0.2) is 0 Å². The Bertz CT molecular complexity index is 571. The Labute approximate surface area is 118 Å². The fraction of sp³-hybridized carbons (Fsp3) is 0.250. The number of hydrogen-bond acceptors (Lipinski definition) is 4. The van der Waals surface area contributed by atoms with E-state index < -0.39 is 0 Å². The fourth-order valence-corrected chi connectivity index (χ4v) is 1.92. The van der Waals surface area contributed by atoms with Crippen molar-refractivity contribution in [3.63, 3.8) is 0 Å². The van der Waals surface area contributed by atoms with Crippen molar-refractivity contribution in [2.45, 2.75) is 13.0 Å². The highest BCUT2D eigenvalue weighted by atomic mass is 79.9. The monoisotopic (exact) mass is 324 g/mol. The molecule has 1 atom stereocenters. The van der Waals surface area contributed by atoms with E-state index in [1.54, 1.807) is 25.1 Å². The molecule has 100 valence electrons. The summed E-state index contributed by atoms with van der Waals surface area (Å²) in [6.45, 7) is 1.62. The summed E-state index contributed by atoms with van der Waals surface area (Å²) < 4.78 is 2.35. The van der Waals surface area contributed by atoms with E-state index in [0.717, 1.165) is 4.47 Å². The van der Waals surface area contributed by atoms with Crippen LogP contribution in [0, 0.1) is 0 Å². The van der Waals surface area contributed by atoms with Crippen LogP contribution in [0.4, 0.5) is 0 Å². The average Bonchev–Trinajstić information content (AvgIpc) is 2.92. The number of benzene rings is 1. The van der Waals surface area contributed by atoms with Gasteiger partial charge in [-0.15, -0.1) is 0 Å². The van der Waals surface area contributed by atoms with Gasteiger partial charge in [0.1, 0.15) is 12.7 Å². The summed E-state index contributed by atoms with van der Waals surface area (Å²) in [4.78, 5) is 16.0. The first-order chi connectivity index (χ1) is 9.11. The first-order valence-electron chi connectivity index (χ1n) is 5.68. The average molecular weight is 325 g/mol. The number of carbonyl (C=O) groups is 1. The Kier molecular flexibility index (Phi) is 4.28. The Morgan fingerprint density at radius 3 is 3.00 bits per heavy atom. The number of aromatic nitrogens is 3. The van der Waals surface area contributed by atoms with E-state index in [1.165, 1.54) is 17.3 Å². The predicted molar refractivity (Wildman–Crippen MR) is 73.1 cm³/mol. The third-order valence-electron chi connectivity index (χ3n) is 2.52. The minimum atomic E-state index is -0.306. The second-order valence-corrected chi connectivity index (χ2v) is 4.97. The van der Waals surface area contributed by atoms with Gasteiger partial charge in [-0.3, -0.25) is 4.79 Å². The Balaban J connectivity index is 2.38. The number of nitrogens with one attached hydrogen (secondary N) is 1. The molecule has 0 saturated heterocycles. The summed E-state index contributed by atoms with van der Waals surface area (Å²) in [5.74, 6) is -0.264. The van der Waals surface area contributed by atoms with Crippen molar-refractivity contribution in [3.05, 3.63) is 40.9 Å². The second-order valence-electron chi connectivity index (χ2n) is 4.06. The molecule has 0 saturated carbocycles. The lowest BCUT2D eigenvalue weighted by molar-refractivity contribution is 0.0922. The van der Waals surface area contributed by atoms with Crippen molar-refractivity contribution < 1.29 is 9.90 Å². The van der Waals surface area contributed by atoms with Gasteiger partial charge in [0.05, 0.1) is 17.9 Å². The fourth-order valence-electron chi connectivity index (χ4n) is 1.57. The minimum Gasteiger partial charge on any atom is -0.394 e. The normalized spacial score (nSPS) is 12.2. The van der Waals surface area contributed by atoms with Gasteiger partial charge in [-0.05, 0) is 25.1 Å². The zero-order chi connectivity index (χ0) is 13.8. The topological polar surface area (TPSA) is 80.0 Å². The van der Waals surface area contributed by atoms with E-state index >= 15 is 0 Å². The van der Waals surface area contributed by atoms with Crippen LogP contribution in [0.1, 0.15) is 17.3 Å². The molecule has 1 aromatic heterocycles. The van der Waals surface area contributed by atoms with Crippen molar-refractivity contribution in [3.8, 4) is 5.69 Å². The maximum Gasteiger partial charge on any atom is 0.253 e. The number of halogens is 1. The van der Waals surface area contributed by atoms with Crippen LogP contribution in [0.5, 0.6) is 0 Å². The van der Waals surface area contributed by atoms with Crippen LogP contribution in [0.2, 0.25) is 0 Å². The molecule has 2 N–H and O–H groups in total. The highest BCUT2D eigenvalue weighted by Gasteiger charge is 2.15. The lowest BCUT2D eigenvalue weighted by atomic mass is 10.1. The zero-order valence-corrected chi connectivity index (χ0v) is 11.8. The third kappa shape index (κ3) is 3.18. The standard InChI is InChI=1S/C12H13BrN4O2/c1-8(5-18)16-12(19)10-3-2-9(13)4-11(10)17-7-14-6-15-17/h2-4,6-8,18H,5H2,1H3,(H,16,19). The number of aliphatic hydroxyl groups excluding tert-OH is 1. The van der Waals surface area contributed by atoms with Crippen LogP contribution in [0.3, 0.4) is 0 Å². The second kappa shape index (κ2) is 5.94. The van der Waals surface area contributed by atoms with Gasteiger partial charge < -0.3 is 10.4 Å². The quantitative estimate of drug-likeness (QED) is 0.883. The SMILES string of the molecule is CC(CO)NC(=O)c1ccc(Br)cc1-n1cncn1. The van der Waals surface area contributed by atoms with E-state index in [1.807, 2.05) is 0 Å². The molecule has 0 aliphatic carbocycles. The summed E-state index contributed by atoms with van der Waals surface area (Å²) in [6.07, 6.45) is 2.92. The molecule has 1 aromatic carbocycles. The van der Waals surface area contributed by atoms with Crippen LogP contribution in [-0.2, 0) is 0 Å². The van der Waals surface area contributed by atoms with Gasteiger partial charge in [0.2, 0.25) is 0 Å². The van der Waals surface area contributed by atoms with Crippen LogP contribution >= 0.6 is 15.9 Å². The van der Waals surface area contributed by atoms with Crippen LogP contribution in [-0.4, -0.2) is 38.4 Å². The van der Waals surface area contributed by atoms with E-state index in [-0.39, 0.29) is 18.6 Å². The maximum atomic E-state index is 12.1. The molecule has 1 amide bonds. The molecule has 6 nitrogen and oxygen atoms in total. The summed E-state index contributed by atoms with van der Waals surface area (Å²) >= 11 is 3.36. The van der Waals surface area contributed by atoms with E-state index in [4.69, 9.17) is 5.11 Å². The summed E-state index contributed by atoms with van der Waals surface area (Å²) in [6, 6.07) is 4.95. The van der Waals surface area contributed by atoms with Gasteiger partial charge in [0.25, 0.3) is 5.91 Å². The summed E-state index contributed by atoms with van der Waals surface area (Å²) in [7, 11) is 0. The van der Waals surface area contributed by atoms with Gasteiger partial charge in [-0.1, -0.05) is 15.9 Å². The smallest absolute Gasteiger partial charge is 0.253 e. The van der Waals surface area contributed by atoms with Gasteiger partial charge in [-0.25, -0.2) is 9.67 Å². The highest BCUT2D eigenvalue weighted by Crippen LogP contribution is 2.19. The number of carbonyl (C=O) groups excluding carboxylic acids is 1. The molecule has 0 radical (unpaired) electrons. The highest BCUT2D eigenvalue weighted by molar-refractivity contribution is 9.10. The van der Waals surface area contributed by atoms with Gasteiger partial charge in [-0.2, -0.15) is 5.10 Å². The number of nitrogens with zero attached hydrogens (tertiary/aromatic N) is 3. The number of rotatable bonds is 4. The van der Waals surface area contributed by atoms with Crippen molar-refractivity contribution in [1.82, 2.24) is 20.1 Å².